The number of phosphoric acid groups is 1. The molecule has 29 heavy (non-hydrogen) atoms. The summed E-state index contributed by atoms with van der Waals surface area (Å²) in [5.74, 6) is -0.594. The van der Waals surface area contributed by atoms with E-state index in [4.69, 9.17) is 14.4 Å². The minimum Gasteiger partial charge on any atom is -0.756 e. The van der Waals surface area contributed by atoms with Crippen molar-refractivity contribution < 1.29 is 47.9 Å². The Hall–Kier alpha value is -2.17. The molecule has 0 amide bonds. The fraction of sp³-hybridized carbons (Fsp3) is 0.333. The average molecular weight is 425 g/mol. The van der Waals surface area contributed by atoms with Gasteiger partial charge in [0.25, 0.3) is 14.1 Å². The maximum absolute atomic E-state index is 12.3. The minimum absolute atomic E-state index is 0.0889. The van der Waals surface area contributed by atoms with Gasteiger partial charge in [0.2, 0.25) is 0 Å². The summed E-state index contributed by atoms with van der Waals surface area (Å²) in [7, 11) is -5.00. The lowest BCUT2D eigenvalue weighted by atomic mass is 10.1. The normalized spacial score (nSPS) is 26.1. The van der Waals surface area contributed by atoms with Crippen LogP contribution in [0.4, 0.5) is 0 Å². The Bertz CT molecular complexity index is 888. The molecule has 0 aliphatic carbocycles. The lowest BCUT2D eigenvalue weighted by molar-refractivity contribution is -0.765. The first-order valence-corrected chi connectivity index (χ1v) is 10.2. The number of nitrogens with zero attached hydrogens (tertiary/aromatic N) is 1. The summed E-state index contributed by atoms with van der Waals surface area (Å²) >= 11 is 0. The number of carbonyl (C=O) groups is 1. The first-order chi connectivity index (χ1) is 13.7. The highest BCUT2D eigenvalue weighted by Gasteiger charge is 2.48. The molecule has 10 nitrogen and oxygen atoms in total. The predicted octanol–water partition coefficient (Wildman–Crippen LogP) is -0.572. The van der Waals surface area contributed by atoms with Crippen molar-refractivity contribution in [3.05, 3.63) is 66.0 Å². The highest BCUT2D eigenvalue weighted by Crippen LogP contribution is 2.33. The Morgan fingerprint density at radius 1 is 1.17 bits per heavy atom. The van der Waals surface area contributed by atoms with Gasteiger partial charge in [0.15, 0.2) is 18.5 Å². The molecule has 1 aromatic heterocycles. The maximum atomic E-state index is 12.3. The maximum Gasteiger partial charge on any atom is 0.344 e. The van der Waals surface area contributed by atoms with Crippen LogP contribution in [0.5, 0.6) is 0 Å². The van der Waals surface area contributed by atoms with Crippen LogP contribution in [0.15, 0.2) is 54.9 Å². The van der Waals surface area contributed by atoms with E-state index in [1.165, 1.54) is 29.1 Å². The van der Waals surface area contributed by atoms with Gasteiger partial charge in [-0.15, -0.1) is 0 Å². The highest BCUT2D eigenvalue weighted by molar-refractivity contribution is 7.44. The van der Waals surface area contributed by atoms with Crippen molar-refractivity contribution in [1.29, 1.82) is 0 Å². The Labute approximate surface area is 166 Å². The van der Waals surface area contributed by atoms with Crippen LogP contribution in [-0.2, 0) is 25.2 Å². The van der Waals surface area contributed by atoms with Crippen LogP contribution in [-0.4, -0.2) is 46.0 Å². The van der Waals surface area contributed by atoms with Gasteiger partial charge in [-0.2, -0.15) is 4.57 Å². The number of ether oxygens (including phenoxy) is 2. The second kappa shape index (κ2) is 9.10. The standard InChI is InChI=1S/C18H20NO9P/c20-15-14(11-27-29(23,24)25)28-17(16(15)21)19-8-4-7-13(9-19)18(22)26-10-12-5-2-1-3-6-12/h1-9,14-17,20-21H,10-11H2,(H-,23,24,25)/t14-,15-,16-,17-/m1/s1. The zero-order chi connectivity index (χ0) is 21.0. The number of benzene rings is 1. The molecule has 1 saturated heterocycles. The Balaban J connectivity index is 1.66. The van der Waals surface area contributed by atoms with E-state index < -0.39 is 44.9 Å². The van der Waals surface area contributed by atoms with Gasteiger partial charge >= 0.3 is 5.97 Å². The first kappa shape index (κ1) is 21.5. The number of pyridine rings is 1. The quantitative estimate of drug-likeness (QED) is 0.301. The van der Waals surface area contributed by atoms with Crippen molar-refractivity contribution in [2.24, 2.45) is 0 Å². The smallest absolute Gasteiger partial charge is 0.344 e. The third-order valence-electron chi connectivity index (χ3n) is 4.30. The lowest BCUT2D eigenvalue weighted by Crippen LogP contribution is -2.46. The molecular weight excluding hydrogens is 405 g/mol. The third-order valence-corrected chi connectivity index (χ3v) is 4.78. The largest absolute Gasteiger partial charge is 0.756 e. The first-order valence-electron chi connectivity index (χ1n) is 8.66. The van der Waals surface area contributed by atoms with E-state index in [2.05, 4.69) is 4.52 Å². The van der Waals surface area contributed by atoms with Crippen LogP contribution in [0, 0.1) is 0 Å². The SMILES string of the molecule is O=C(OCc1ccccc1)c1ccc[n+]([C@@H]2O[C@H](COP(=O)([O-])O)[C@@H](O)[C@H]2O)c1. The van der Waals surface area contributed by atoms with E-state index in [0.29, 0.717) is 0 Å². The Kier molecular flexibility index (Phi) is 6.76. The molecule has 1 aliphatic heterocycles. The van der Waals surface area contributed by atoms with Gasteiger partial charge in [0.05, 0.1) is 6.61 Å². The molecular formula is C18H20NO9P. The summed E-state index contributed by atoms with van der Waals surface area (Å²) in [5, 5.41) is 20.3. The van der Waals surface area contributed by atoms with Crippen LogP contribution >= 0.6 is 7.82 Å². The molecule has 156 valence electrons. The van der Waals surface area contributed by atoms with Gasteiger partial charge in [-0.25, -0.2) is 4.79 Å². The molecule has 1 aliphatic rings. The van der Waals surface area contributed by atoms with Crippen molar-refractivity contribution in [3.63, 3.8) is 0 Å². The number of aliphatic hydroxyl groups excluding tert-OH is 2. The number of phosphoric ester groups is 1. The predicted molar refractivity (Wildman–Crippen MR) is 93.9 cm³/mol. The van der Waals surface area contributed by atoms with Crippen molar-refractivity contribution in [2.45, 2.75) is 31.1 Å². The van der Waals surface area contributed by atoms with E-state index in [0.717, 1.165) is 5.56 Å². The number of hydrogen-bond acceptors (Lipinski definition) is 8. The number of aliphatic hydroxyl groups is 2. The molecule has 0 bridgehead atoms. The van der Waals surface area contributed by atoms with Crippen LogP contribution < -0.4 is 9.46 Å². The minimum atomic E-state index is -5.00. The second-order valence-electron chi connectivity index (χ2n) is 6.41. The molecule has 3 N–H and O–H groups in total. The van der Waals surface area contributed by atoms with E-state index in [-0.39, 0.29) is 12.2 Å². The van der Waals surface area contributed by atoms with Gasteiger partial charge in [0, 0.05) is 6.07 Å². The van der Waals surface area contributed by atoms with Gasteiger partial charge in [-0.3, -0.25) is 4.57 Å². The highest BCUT2D eigenvalue weighted by atomic mass is 31.2. The van der Waals surface area contributed by atoms with Crippen LogP contribution in [0.2, 0.25) is 0 Å². The summed E-state index contributed by atoms with van der Waals surface area (Å²) in [5.41, 5.74) is 1.01. The zero-order valence-corrected chi connectivity index (χ0v) is 16.0. The molecule has 1 unspecified atom stereocenters. The van der Waals surface area contributed by atoms with Crippen LogP contribution in [0.1, 0.15) is 22.1 Å². The third kappa shape index (κ3) is 5.68. The topological polar surface area (TPSA) is 149 Å². The molecule has 1 aromatic carbocycles. The number of esters is 1. The molecule has 2 aromatic rings. The van der Waals surface area contributed by atoms with Crippen LogP contribution in [0.3, 0.4) is 0 Å². The van der Waals surface area contributed by atoms with Gasteiger partial charge < -0.3 is 34.0 Å². The number of carbonyl (C=O) groups excluding carboxylic acids is 1. The summed E-state index contributed by atoms with van der Waals surface area (Å²) < 4.78 is 27.0. The van der Waals surface area contributed by atoms with Crippen molar-refractivity contribution >= 4 is 13.8 Å². The second-order valence-corrected chi connectivity index (χ2v) is 7.61. The van der Waals surface area contributed by atoms with E-state index in [9.17, 15) is 24.5 Å². The molecule has 11 heteroatoms. The van der Waals surface area contributed by atoms with E-state index in [1.807, 2.05) is 30.3 Å². The zero-order valence-electron chi connectivity index (χ0n) is 15.1. The van der Waals surface area contributed by atoms with Gasteiger partial charge in [0.1, 0.15) is 24.4 Å². The van der Waals surface area contributed by atoms with Crippen molar-refractivity contribution in [1.82, 2.24) is 0 Å². The summed E-state index contributed by atoms with van der Waals surface area (Å²) in [4.78, 5) is 31.7. The summed E-state index contributed by atoms with van der Waals surface area (Å²) in [6, 6.07) is 12.2. The van der Waals surface area contributed by atoms with Gasteiger partial charge in [-0.1, -0.05) is 30.3 Å². The number of rotatable bonds is 7. The molecule has 3 rings (SSSR count). The molecule has 0 spiro atoms. The molecule has 5 atom stereocenters. The Morgan fingerprint density at radius 2 is 1.90 bits per heavy atom. The van der Waals surface area contributed by atoms with Gasteiger partial charge in [-0.05, 0) is 11.6 Å². The Morgan fingerprint density at radius 3 is 2.59 bits per heavy atom. The number of hydrogen-bond donors (Lipinski definition) is 3. The summed E-state index contributed by atoms with van der Waals surface area (Å²) in [6.45, 7) is -0.586. The number of aromatic nitrogens is 1. The van der Waals surface area contributed by atoms with Crippen molar-refractivity contribution in [3.8, 4) is 0 Å². The molecule has 2 heterocycles. The molecule has 1 fully saturated rings. The molecule has 0 saturated carbocycles. The monoisotopic (exact) mass is 425 g/mol. The van der Waals surface area contributed by atoms with E-state index >= 15 is 0 Å². The summed E-state index contributed by atoms with van der Waals surface area (Å²) in [6.07, 6.45) is -2.32. The average Bonchev–Trinajstić information content (AvgIpc) is 2.99. The fourth-order valence-electron chi connectivity index (χ4n) is 2.86. The molecule has 0 radical (unpaired) electrons. The fourth-order valence-corrected chi connectivity index (χ4v) is 3.19. The lowest BCUT2D eigenvalue weighted by Gasteiger charge is -2.19. The van der Waals surface area contributed by atoms with E-state index in [1.54, 1.807) is 0 Å². The van der Waals surface area contributed by atoms with Crippen LogP contribution in [0.25, 0.3) is 0 Å². The van der Waals surface area contributed by atoms with Crippen molar-refractivity contribution in [2.75, 3.05) is 6.61 Å².